The molecule has 1 atom stereocenters. The maximum Gasteiger partial charge on any atom is 0.262 e. The van der Waals surface area contributed by atoms with E-state index in [1.54, 1.807) is 30.5 Å². The number of aliphatic imine (C=N–C) groups is 1. The number of aromatic nitrogens is 1. The van der Waals surface area contributed by atoms with Crippen molar-refractivity contribution >= 4 is 40.3 Å². The molecule has 1 fully saturated rings. The van der Waals surface area contributed by atoms with E-state index in [4.69, 9.17) is 0 Å². The molecule has 1 saturated heterocycles. The number of likely N-dealkylation sites (tertiary alicyclic amines) is 1. The fourth-order valence-corrected chi connectivity index (χ4v) is 4.92. The molecule has 33 heavy (non-hydrogen) atoms. The van der Waals surface area contributed by atoms with E-state index in [0.717, 1.165) is 36.8 Å². The summed E-state index contributed by atoms with van der Waals surface area (Å²) in [6.07, 6.45) is 5.82. The Balaban J connectivity index is 1.26. The lowest BCUT2D eigenvalue weighted by Crippen LogP contribution is -2.33. The first kappa shape index (κ1) is 23.0. The summed E-state index contributed by atoms with van der Waals surface area (Å²) in [5.74, 6) is -0.747. The third-order valence-electron chi connectivity index (χ3n) is 5.53. The Morgan fingerprint density at radius 2 is 1.94 bits per heavy atom. The van der Waals surface area contributed by atoms with Gasteiger partial charge in [-0.1, -0.05) is 23.9 Å². The summed E-state index contributed by atoms with van der Waals surface area (Å²) in [7, 11) is 0. The van der Waals surface area contributed by atoms with Crippen LogP contribution in [0.3, 0.4) is 0 Å². The third kappa shape index (κ3) is 6.41. The molecule has 2 aliphatic heterocycles. The number of carbonyl (C=O) groups is 3. The van der Waals surface area contributed by atoms with Gasteiger partial charge in [-0.05, 0) is 49.6 Å². The first-order valence-electron chi connectivity index (χ1n) is 11.2. The van der Waals surface area contributed by atoms with E-state index in [1.807, 2.05) is 18.2 Å². The maximum absolute atomic E-state index is 12.6. The lowest BCUT2D eigenvalue weighted by atomic mass is 10.1. The molecule has 9 heteroatoms. The van der Waals surface area contributed by atoms with Crippen molar-refractivity contribution < 1.29 is 14.4 Å². The van der Waals surface area contributed by atoms with E-state index < -0.39 is 5.25 Å². The van der Waals surface area contributed by atoms with Crippen molar-refractivity contribution in [3.8, 4) is 0 Å². The van der Waals surface area contributed by atoms with Crippen LogP contribution in [0.15, 0.2) is 53.7 Å². The topological polar surface area (TPSA) is 104 Å². The fourth-order valence-electron chi connectivity index (χ4n) is 3.80. The van der Waals surface area contributed by atoms with Gasteiger partial charge in [-0.15, -0.1) is 0 Å². The highest BCUT2D eigenvalue weighted by Crippen LogP contribution is 2.29. The molecule has 2 aromatic rings. The minimum absolute atomic E-state index is 0.0465. The second-order valence-electron chi connectivity index (χ2n) is 8.05. The van der Waals surface area contributed by atoms with Crippen LogP contribution in [0, 0.1) is 0 Å². The Hall–Kier alpha value is -3.20. The van der Waals surface area contributed by atoms with Gasteiger partial charge in [0.1, 0.15) is 5.25 Å². The Labute approximate surface area is 197 Å². The number of benzene rings is 1. The Kier molecular flexibility index (Phi) is 7.72. The van der Waals surface area contributed by atoms with Crippen LogP contribution < -0.4 is 10.6 Å². The molecule has 172 valence electrons. The Morgan fingerprint density at radius 1 is 1.09 bits per heavy atom. The highest BCUT2D eigenvalue weighted by atomic mass is 32.2. The molecule has 0 saturated carbocycles. The number of thioether (sulfide) groups is 1. The molecule has 3 heterocycles. The highest BCUT2D eigenvalue weighted by molar-refractivity contribution is 8.15. The van der Waals surface area contributed by atoms with E-state index in [2.05, 4.69) is 25.5 Å². The van der Waals surface area contributed by atoms with Crippen LogP contribution in [-0.2, 0) is 16.0 Å². The monoisotopic (exact) mass is 465 g/mol. The number of nitrogens with one attached hydrogen (secondary N) is 2. The van der Waals surface area contributed by atoms with Gasteiger partial charge in [0, 0.05) is 55.6 Å². The molecule has 0 aliphatic carbocycles. The zero-order valence-corrected chi connectivity index (χ0v) is 19.1. The van der Waals surface area contributed by atoms with Gasteiger partial charge >= 0.3 is 0 Å². The van der Waals surface area contributed by atoms with Gasteiger partial charge < -0.3 is 15.5 Å². The number of hydrogen-bond acceptors (Lipinski definition) is 6. The zero-order valence-electron chi connectivity index (χ0n) is 18.3. The number of amides is 3. The summed E-state index contributed by atoms with van der Waals surface area (Å²) in [6.45, 7) is 2.29. The number of rotatable bonds is 7. The molecular weight excluding hydrogens is 438 g/mol. The molecule has 0 spiro atoms. The van der Waals surface area contributed by atoms with Crippen LogP contribution in [0.1, 0.15) is 41.7 Å². The smallest absolute Gasteiger partial charge is 0.262 e. The largest absolute Gasteiger partial charge is 0.352 e. The van der Waals surface area contributed by atoms with Crippen LogP contribution in [0.4, 0.5) is 5.69 Å². The van der Waals surface area contributed by atoms with Crippen molar-refractivity contribution in [2.75, 3.05) is 25.0 Å². The van der Waals surface area contributed by atoms with Crippen molar-refractivity contribution in [1.82, 2.24) is 15.2 Å². The number of anilines is 1. The van der Waals surface area contributed by atoms with Crippen LogP contribution in [0.5, 0.6) is 0 Å². The average molecular weight is 466 g/mol. The Morgan fingerprint density at radius 3 is 2.73 bits per heavy atom. The zero-order chi connectivity index (χ0) is 23.0. The van der Waals surface area contributed by atoms with Crippen LogP contribution in [0.25, 0.3) is 0 Å². The number of amidine groups is 1. The fraction of sp³-hybridized carbons (Fsp3) is 0.375. The second kappa shape index (κ2) is 11.1. The van der Waals surface area contributed by atoms with E-state index in [1.165, 1.54) is 18.2 Å². The predicted octanol–water partition coefficient (Wildman–Crippen LogP) is 2.87. The SMILES string of the molecule is O=C(C[C@@H]1SC(N2CCCCC2)=NC1=O)Nc1cccc(C(=O)NCCc2ccccn2)c1. The second-order valence-corrected chi connectivity index (χ2v) is 9.22. The maximum atomic E-state index is 12.6. The van der Waals surface area contributed by atoms with Gasteiger partial charge in [0.05, 0.1) is 0 Å². The minimum Gasteiger partial charge on any atom is -0.352 e. The molecular formula is C24H27N5O3S. The molecule has 2 aliphatic rings. The normalized spacial score (nSPS) is 18.1. The average Bonchev–Trinajstić information content (AvgIpc) is 3.20. The van der Waals surface area contributed by atoms with Crippen LogP contribution >= 0.6 is 11.8 Å². The highest BCUT2D eigenvalue weighted by Gasteiger charge is 2.33. The van der Waals surface area contributed by atoms with Gasteiger partial charge in [-0.25, -0.2) is 0 Å². The van der Waals surface area contributed by atoms with Crippen molar-refractivity contribution in [1.29, 1.82) is 0 Å². The summed E-state index contributed by atoms with van der Waals surface area (Å²) in [5, 5.41) is 5.91. The number of piperidine rings is 1. The van der Waals surface area contributed by atoms with Crippen LogP contribution in [-0.4, -0.2) is 57.7 Å². The lowest BCUT2D eigenvalue weighted by Gasteiger charge is -2.27. The van der Waals surface area contributed by atoms with E-state index in [9.17, 15) is 14.4 Å². The molecule has 4 rings (SSSR count). The van der Waals surface area contributed by atoms with E-state index >= 15 is 0 Å². The van der Waals surface area contributed by atoms with Crippen molar-refractivity contribution in [2.24, 2.45) is 4.99 Å². The summed E-state index contributed by atoms with van der Waals surface area (Å²) in [4.78, 5) is 47.9. The lowest BCUT2D eigenvalue weighted by molar-refractivity contribution is -0.121. The van der Waals surface area contributed by atoms with Crippen molar-refractivity contribution in [3.05, 3.63) is 59.9 Å². The van der Waals surface area contributed by atoms with E-state index in [0.29, 0.717) is 24.2 Å². The quantitative estimate of drug-likeness (QED) is 0.652. The summed E-state index contributed by atoms with van der Waals surface area (Å²) in [5.41, 5.74) is 1.88. The molecule has 0 bridgehead atoms. The summed E-state index contributed by atoms with van der Waals surface area (Å²) in [6, 6.07) is 12.4. The number of hydrogen-bond donors (Lipinski definition) is 2. The standard InChI is InChI=1S/C24H27N5O3S/c30-21(16-20-23(32)28-24(33-20)29-13-4-1-5-14-29)27-19-9-6-7-17(15-19)22(31)26-12-10-18-8-2-3-11-25-18/h2-3,6-9,11,15,20H,1,4-5,10,12-14,16H2,(H,26,31)(H,27,30)/t20-/m0/s1. The van der Waals surface area contributed by atoms with Crippen molar-refractivity contribution in [3.63, 3.8) is 0 Å². The van der Waals surface area contributed by atoms with Crippen molar-refractivity contribution in [2.45, 2.75) is 37.4 Å². The van der Waals surface area contributed by atoms with E-state index in [-0.39, 0.29) is 24.1 Å². The first-order chi connectivity index (χ1) is 16.1. The molecule has 3 amide bonds. The molecule has 0 radical (unpaired) electrons. The molecule has 1 aromatic heterocycles. The van der Waals surface area contributed by atoms with Gasteiger partial charge in [-0.2, -0.15) is 4.99 Å². The summed E-state index contributed by atoms with van der Waals surface area (Å²) < 4.78 is 0. The summed E-state index contributed by atoms with van der Waals surface area (Å²) >= 11 is 1.38. The van der Waals surface area contributed by atoms with Gasteiger partial charge in [-0.3, -0.25) is 19.4 Å². The molecule has 2 N–H and O–H groups in total. The van der Waals surface area contributed by atoms with Gasteiger partial charge in [0.2, 0.25) is 5.91 Å². The first-order valence-corrected chi connectivity index (χ1v) is 12.1. The molecule has 0 unspecified atom stereocenters. The number of pyridine rings is 1. The molecule has 8 nitrogen and oxygen atoms in total. The number of nitrogens with zero attached hydrogens (tertiary/aromatic N) is 3. The van der Waals surface area contributed by atoms with Gasteiger partial charge in [0.15, 0.2) is 5.17 Å². The molecule has 1 aromatic carbocycles. The van der Waals surface area contributed by atoms with Gasteiger partial charge in [0.25, 0.3) is 11.8 Å². The number of carbonyl (C=O) groups excluding carboxylic acids is 3. The predicted molar refractivity (Wildman–Crippen MR) is 129 cm³/mol. The Bertz CT molecular complexity index is 1040. The minimum atomic E-state index is -0.500. The third-order valence-corrected chi connectivity index (χ3v) is 6.74. The van der Waals surface area contributed by atoms with Crippen LogP contribution in [0.2, 0.25) is 0 Å².